The average molecular weight is 428 g/mol. The fourth-order valence-corrected chi connectivity index (χ4v) is 3.46. The molecule has 2 aromatic carbocycles. The number of methoxy groups -OCH3 is 2. The minimum atomic E-state index is -0.448. The maximum Gasteiger partial charge on any atom is 0.302 e. The zero-order valence-electron chi connectivity index (χ0n) is 17.9. The van der Waals surface area contributed by atoms with Crippen LogP contribution in [0, 0.1) is 0 Å². The molecule has 1 N–H and O–H groups in total. The number of nitrogens with one attached hydrogen (secondary N) is 1. The number of hydrogen-bond acceptors (Lipinski definition) is 8. The molecule has 9 nitrogen and oxygen atoms in total. The van der Waals surface area contributed by atoms with Gasteiger partial charge in [-0.25, -0.2) is 5.43 Å². The number of esters is 2. The summed E-state index contributed by atoms with van der Waals surface area (Å²) in [6.07, 6.45) is 0.675. The van der Waals surface area contributed by atoms with Crippen molar-refractivity contribution in [1.29, 1.82) is 0 Å². The van der Waals surface area contributed by atoms with E-state index in [9.17, 15) is 14.4 Å². The van der Waals surface area contributed by atoms with E-state index in [1.807, 2.05) is 18.2 Å². The Labute approximate surface area is 179 Å². The molecule has 0 spiro atoms. The Bertz CT molecular complexity index is 1080. The van der Waals surface area contributed by atoms with Crippen molar-refractivity contribution in [2.24, 2.45) is 5.10 Å². The Morgan fingerprint density at radius 3 is 2.19 bits per heavy atom. The van der Waals surface area contributed by atoms with Crippen molar-refractivity contribution in [3.8, 4) is 11.5 Å². The van der Waals surface area contributed by atoms with Gasteiger partial charge in [-0.05, 0) is 34.5 Å². The van der Waals surface area contributed by atoms with Gasteiger partial charge in [0.1, 0.15) is 13.2 Å². The minimum absolute atomic E-state index is 0.0111. The van der Waals surface area contributed by atoms with E-state index >= 15 is 0 Å². The molecule has 0 saturated carbocycles. The van der Waals surface area contributed by atoms with Crippen LogP contribution < -0.4 is 14.9 Å². The van der Waals surface area contributed by atoms with Crippen LogP contribution in [-0.2, 0) is 37.1 Å². The minimum Gasteiger partial charge on any atom is -0.493 e. The number of nitrogens with zero attached hydrogens (tertiary/aromatic N) is 1. The van der Waals surface area contributed by atoms with E-state index in [0.29, 0.717) is 40.3 Å². The topological polar surface area (TPSA) is 113 Å². The van der Waals surface area contributed by atoms with Gasteiger partial charge < -0.3 is 18.9 Å². The molecule has 3 rings (SSSR count). The first-order valence-electron chi connectivity index (χ1n) is 9.67. The second-order valence-corrected chi connectivity index (χ2v) is 6.97. The first-order valence-corrected chi connectivity index (χ1v) is 9.67. The molecule has 1 aliphatic rings. The van der Waals surface area contributed by atoms with E-state index < -0.39 is 11.9 Å². The van der Waals surface area contributed by atoms with Crippen LogP contribution in [0.25, 0.3) is 10.8 Å². The lowest BCUT2D eigenvalue weighted by molar-refractivity contribution is -0.143. The van der Waals surface area contributed by atoms with E-state index in [0.717, 1.165) is 10.8 Å². The van der Waals surface area contributed by atoms with E-state index in [-0.39, 0.29) is 25.5 Å². The Morgan fingerprint density at radius 1 is 0.968 bits per heavy atom. The highest BCUT2D eigenvalue weighted by atomic mass is 16.5. The Kier molecular flexibility index (Phi) is 6.74. The van der Waals surface area contributed by atoms with Crippen LogP contribution in [0.15, 0.2) is 23.3 Å². The van der Waals surface area contributed by atoms with Gasteiger partial charge in [0.25, 0.3) is 0 Å². The van der Waals surface area contributed by atoms with E-state index in [2.05, 4.69) is 10.5 Å². The fourth-order valence-electron chi connectivity index (χ4n) is 3.46. The van der Waals surface area contributed by atoms with Crippen LogP contribution in [0.5, 0.6) is 11.5 Å². The molecule has 1 aliphatic heterocycles. The number of carbonyl (C=O) groups is 3. The summed E-state index contributed by atoms with van der Waals surface area (Å²) in [4.78, 5) is 34.6. The molecule has 164 valence electrons. The molecule has 31 heavy (non-hydrogen) atoms. The number of rotatable bonds is 7. The highest BCUT2D eigenvalue weighted by molar-refractivity contribution is 6.14. The van der Waals surface area contributed by atoms with Gasteiger partial charge in [0.15, 0.2) is 11.5 Å². The molecule has 0 atom stereocenters. The third-order valence-electron chi connectivity index (χ3n) is 4.89. The highest BCUT2D eigenvalue weighted by Gasteiger charge is 2.24. The van der Waals surface area contributed by atoms with Gasteiger partial charge in [-0.2, -0.15) is 5.10 Å². The molecular formula is C22H24N2O7. The molecule has 9 heteroatoms. The van der Waals surface area contributed by atoms with Gasteiger partial charge in [-0.1, -0.05) is 0 Å². The zero-order valence-corrected chi connectivity index (χ0v) is 17.9. The van der Waals surface area contributed by atoms with Crippen LogP contribution >= 0.6 is 0 Å². The lowest BCUT2D eigenvalue weighted by Crippen LogP contribution is -2.27. The van der Waals surface area contributed by atoms with Crippen molar-refractivity contribution >= 4 is 34.3 Å². The lowest BCUT2D eigenvalue weighted by Gasteiger charge is -2.22. The highest BCUT2D eigenvalue weighted by Crippen LogP contribution is 2.37. The summed E-state index contributed by atoms with van der Waals surface area (Å²) >= 11 is 0. The molecule has 0 unspecified atom stereocenters. The SMILES string of the molecule is COc1cc2cc(COC(C)=O)c(COC(C)=O)c(C3=NNC(=O)CC3)c2cc1OC. The monoisotopic (exact) mass is 428 g/mol. The van der Waals surface area contributed by atoms with E-state index in [1.54, 1.807) is 7.11 Å². The smallest absolute Gasteiger partial charge is 0.302 e. The summed E-state index contributed by atoms with van der Waals surface area (Å²) < 4.78 is 21.4. The molecule has 0 aliphatic carbocycles. The van der Waals surface area contributed by atoms with Gasteiger partial charge in [0, 0.05) is 37.8 Å². The number of hydrazone groups is 1. The summed E-state index contributed by atoms with van der Waals surface area (Å²) in [6.45, 7) is 2.59. The number of ether oxygens (including phenoxy) is 4. The predicted octanol–water partition coefficient (Wildman–Crippen LogP) is 2.60. The van der Waals surface area contributed by atoms with Gasteiger partial charge in [-0.15, -0.1) is 0 Å². The molecule has 2 aromatic rings. The lowest BCUT2D eigenvalue weighted by atomic mass is 9.89. The number of amides is 1. The summed E-state index contributed by atoms with van der Waals surface area (Å²) in [5.74, 6) is -0.0101. The summed E-state index contributed by atoms with van der Waals surface area (Å²) in [5.41, 5.74) is 5.14. The summed E-state index contributed by atoms with van der Waals surface area (Å²) in [6, 6.07) is 5.48. The molecule has 0 radical (unpaired) electrons. The van der Waals surface area contributed by atoms with Crippen molar-refractivity contribution in [3.63, 3.8) is 0 Å². The van der Waals surface area contributed by atoms with Crippen LogP contribution in [-0.4, -0.2) is 37.8 Å². The van der Waals surface area contributed by atoms with E-state index in [4.69, 9.17) is 18.9 Å². The van der Waals surface area contributed by atoms with Gasteiger partial charge >= 0.3 is 11.9 Å². The Balaban J connectivity index is 2.31. The molecule has 0 saturated heterocycles. The van der Waals surface area contributed by atoms with Gasteiger partial charge in [0.05, 0.1) is 19.9 Å². The quantitative estimate of drug-likeness (QED) is 0.675. The average Bonchev–Trinajstić information content (AvgIpc) is 2.75. The van der Waals surface area contributed by atoms with Gasteiger partial charge in [-0.3, -0.25) is 14.4 Å². The number of hydrogen-bond donors (Lipinski definition) is 1. The van der Waals surface area contributed by atoms with Crippen LogP contribution in [0.1, 0.15) is 43.4 Å². The molecule has 0 fully saturated rings. The molecular weight excluding hydrogens is 404 g/mol. The fraction of sp³-hybridized carbons (Fsp3) is 0.364. The van der Waals surface area contributed by atoms with Crippen LogP contribution in [0.3, 0.4) is 0 Å². The van der Waals surface area contributed by atoms with Crippen molar-refractivity contribution in [3.05, 3.63) is 34.9 Å². The zero-order chi connectivity index (χ0) is 22.5. The van der Waals surface area contributed by atoms with Crippen LogP contribution in [0.2, 0.25) is 0 Å². The number of fused-ring (bicyclic) bond motifs is 1. The third kappa shape index (κ3) is 4.93. The van der Waals surface area contributed by atoms with Crippen molar-refractivity contribution < 1.29 is 33.3 Å². The number of benzene rings is 2. The molecule has 0 bridgehead atoms. The van der Waals surface area contributed by atoms with Crippen LogP contribution in [0.4, 0.5) is 0 Å². The van der Waals surface area contributed by atoms with E-state index in [1.165, 1.54) is 21.0 Å². The van der Waals surface area contributed by atoms with Crippen molar-refractivity contribution in [2.75, 3.05) is 14.2 Å². The standard InChI is InChI=1S/C22H24N2O7/c1-12(25)30-10-15-7-14-8-19(28-3)20(29-4)9-16(14)22(17(15)11-31-13(2)26)18-5-6-21(27)24-23-18/h7-9H,5-6,10-11H2,1-4H3,(H,24,27). The molecule has 0 aromatic heterocycles. The molecule has 1 heterocycles. The first kappa shape index (κ1) is 22.1. The summed E-state index contributed by atoms with van der Waals surface area (Å²) in [5, 5.41) is 5.82. The van der Waals surface area contributed by atoms with Gasteiger partial charge in [0.2, 0.25) is 5.91 Å². The second-order valence-electron chi connectivity index (χ2n) is 6.97. The van der Waals surface area contributed by atoms with Crippen molar-refractivity contribution in [1.82, 2.24) is 5.43 Å². The Hall–Kier alpha value is -3.62. The van der Waals surface area contributed by atoms with Crippen molar-refractivity contribution in [2.45, 2.75) is 39.9 Å². The Morgan fingerprint density at radius 2 is 1.61 bits per heavy atom. The normalized spacial score (nSPS) is 13.3. The third-order valence-corrected chi connectivity index (χ3v) is 4.89. The summed E-state index contributed by atoms with van der Waals surface area (Å²) in [7, 11) is 3.08. The maximum atomic E-state index is 11.7. The molecule has 1 amide bonds. The predicted molar refractivity (Wildman–Crippen MR) is 112 cm³/mol. The largest absolute Gasteiger partial charge is 0.493 e. The number of carbonyl (C=O) groups excluding carboxylic acids is 3. The second kappa shape index (κ2) is 9.46. The first-order chi connectivity index (χ1) is 14.8. The maximum absolute atomic E-state index is 11.7.